The summed E-state index contributed by atoms with van der Waals surface area (Å²) in [6.45, 7) is 8.10. The summed E-state index contributed by atoms with van der Waals surface area (Å²) in [7, 11) is 0. The summed E-state index contributed by atoms with van der Waals surface area (Å²) >= 11 is 0. The Hall–Kier alpha value is -0.610. The maximum atomic E-state index is 10.0. The molecule has 0 atom stereocenters. The van der Waals surface area contributed by atoms with Gasteiger partial charge < -0.3 is 14.6 Å². The first-order valence-electron chi connectivity index (χ1n) is 4.33. The molecule has 13 heavy (non-hydrogen) atoms. The molecule has 0 aromatic carbocycles. The number of hydrogen-bond acceptors (Lipinski definition) is 3. The lowest BCUT2D eigenvalue weighted by Gasteiger charge is -2.09. The van der Waals surface area contributed by atoms with Gasteiger partial charge in [0, 0.05) is 0 Å². The highest BCUT2D eigenvalue weighted by molar-refractivity contribution is 5.72. The van der Waals surface area contributed by atoms with Crippen LogP contribution in [0.5, 0.6) is 0 Å². The summed E-state index contributed by atoms with van der Waals surface area (Å²) in [5.74, 6) is -0.757. The van der Waals surface area contributed by atoms with Crippen molar-refractivity contribution in [1.82, 2.24) is 0 Å². The van der Waals surface area contributed by atoms with Crippen molar-refractivity contribution in [1.29, 1.82) is 0 Å². The van der Waals surface area contributed by atoms with E-state index in [9.17, 15) is 4.79 Å². The number of carboxylic acid groups (broad SMARTS) is 1. The van der Waals surface area contributed by atoms with E-state index in [4.69, 9.17) is 14.6 Å². The molecule has 0 bridgehead atoms. The fourth-order valence-corrected chi connectivity index (χ4v) is 0.440. The van der Waals surface area contributed by atoms with Gasteiger partial charge in [0.1, 0.15) is 0 Å². The number of aliphatic carboxylic acids is 1. The van der Waals surface area contributed by atoms with Crippen LogP contribution in [-0.2, 0) is 14.3 Å². The second-order valence-corrected chi connectivity index (χ2v) is 3.78. The highest BCUT2D eigenvalue weighted by atomic mass is 16.6. The molecule has 0 aliphatic carbocycles. The van der Waals surface area contributed by atoms with Crippen molar-refractivity contribution in [2.75, 3.05) is 26.4 Å². The van der Waals surface area contributed by atoms with E-state index < -0.39 is 11.4 Å². The topological polar surface area (TPSA) is 55.8 Å². The molecular formula is C9H18O4. The molecule has 0 aromatic rings. The maximum Gasteiger partial charge on any atom is 0.308 e. The summed E-state index contributed by atoms with van der Waals surface area (Å²) in [6, 6.07) is 0. The van der Waals surface area contributed by atoms with E-state index in [0.717, 1.165) is 26.4 Å². The second-order valence-electron chi connectivity index (χ2n) is 3.78. The van der Waals surface area contributed by atoms with E-state index in [1.807, 2.05) is 0 Å². The standard InChI is InChI=1S/C5H10O2.C4H8O2/c1-5(2,3)4(6)7;1-2-6-4-3-5-1/h1-3H3,(H,6,7);1-4H2. The summed E-state index contributed by atoms with van der Waals surface area (Å²) in [4.78, 5) is 10.0. The molecule has 4 nitrogen and oxygen atoms in total. The third-order valence-electron chi connectivity index (χ3n) is 1.39. The molecule has 78 valence electrons. The molecule has 1 fully saturated rings. The van der Waals surface area contributed by atoms with E-state index in [-0.39, 0.29) is 0 Å². The number of hydrogen-bond donors (Lipinski definition) is 1. The minimum atomic E-state index is -0.757. The van der Waals surface area contributed by atoms with Crippen LogP contribution >= 0.6 is 0 Å². The Morgan fingerprint density at radius 3 is 1.38 bits per heavy atom. The van der Waals surface area contributed by atoms with Crippen molar-refractivity contribution >= 4 is 5.97 Å². The predicted molar refractivity (Wildman–Crippen MR) is 48.7 cm³/mol. The molecule has 0 unspecified atom stereocenters. The van der Waals surface area contributed by atoms with E-state index in [2.05, 4.69) is 0 Å². The fourth-order valence-electron chi connectivity index (χ4n) is 0.440. The quantitative estimate of drug-likeness (QED) is 0.622. The van der Waals surface area contributed by atoms with E-state index in [1.54, 1.807) is 20.8 Å². The van der Waals surface area contributed by atoms with Gasteiger partial charge in [-0.1, -0.05) is 0 Å². The Balaban J connectivity index is 0.000000223. The van der Waals surface area contributed by atoms with Crippen LogP contribution in [0.4, 0.5) is 0 Å². The first-order chi connectivity index (χ1) is 5.94. The Morgan fingerprint density at radius 1 is 1.08 bits per heavy atom. The average Bonchev–Trinajstić information content (AvgIpc) is 2.07. The lowest BCUT2D eigenvalue weighted by Crippen LogP contribution is -2.18. The fraction of sp³-hybridized carbons (Fsp3) is 0.889. The number of carbonyl (C=O) groups is 1. The summed E-state index contributed by atoms with van der Waals surface area (Å²) in [6.07, 6.45) is 0. The summed E-state index contributed by atoms with van der Waals surface area (Å²) in [5, 5.41) is 8.25. The normalized spacial score (nSPS) is 17.2. The van der Waals surface area contributed by atoms with Crippen molar-refractivity contribution in [2.24, 2.45) is 5.41 Å². The first-order valence-corrected chi connectivity index (χ1v) is 4.33. The number of rotatable bonds is 0. The predicted octanol–water partition coefficient (Wildman–Crippen LogP) is 1.15. The lowest BCUT2D eigenvalue weighted by atomic mass is 9.98. The van der Waals surface area contributed by atoms with Gasteiger partial charge in [-0.25, -0.2) is 0 Å². The zero-order chi connectivity index (χ0) is 10.3. The van der Waals surface area contributed by atoms with Gasteiger partial charge in [0.2, 0.25) is 0 Å². The monoisotopic (exact) mass is 190 g/mol. The van der Waals surface area contributed by atoms with Gasteiger partial charge in [-0.15, -0.1) is 0 Å². The van der Waals surface area contributed by atoms with E-state index >= 15 is 0 Å². The van der Waals surface area contributed by atoms with Gasteiger partial charge in [-0.05, 0) is 20.8 Å². The largest absolute Gasteiger partial charge is 0.481 e. The highest BCUT2D eigenvalue weighted by Gasteiger charge is 2.18. The maximum absolute atomic E-state index is 10.0. The van der Waals surface area contributed by atoms with Gasteiger partial charge >= 0.3 is 5.97 Å². The molecule has 1 rings (SSSR count). The average molecular weight is 190 g/mol. The SMILES string of the molecule is C1COCCO1.CC(C)(C)C(=O)O. The third-order valence-corrected chi connectivity index (χ3v) is 1.39. The second kappa shape index (κ2) is 5.94. The van der Waals surface area contributed by atoms with Crippen molar-refractivity contribution < 1.29 is 19.4 Å². The molecule has 0 aromatic heterocycles. The Bertz CT molecular complexity index is 133. The number of carboxylic acids is 1. The molecule has 0 saturated carbocycles. The molecule has 0 spiro atoms. The summed E-state index contributed by atoms with van der Waals surface area (Å²) < 4.78 is 9.89. The van der Waals surface area contributed by atoms with Crippen molar-refractivity contribution in [3.63, 3.8) is 0 Å². The van der Waals surface area contributed by atoms with Crippen LogP contribution in [0.1, 0.15) is 20.8 Å². The zero-order valence-electron chi connectivity index (χ0n) is 8.50. The van der Waals surface area contributed by atoms with E-state index in [1.165, 1.54) is 0 Å². The van der Waals surface area contributed by atoms with Gasteiger partial charge in [-0.2, -0.15) is 0 Å². The number of ether oxygens (including phenoxy) is 2. The molecule has 1 heterocycles. The van der Waals surface area contributed by atoms with Gasteiger partial charge in [-0.3, -0.25) is 4.79 Å². The Kier molecular flexibility index (Phi) is 5.66. The summed E-state index contributed by atoms with van der Waals surface area (Å²) in [5.41, 5.74) is -0.583. The van der Waals surface area contributed by atoms with Crippen molar-refractivity contribution in [3.05, 3.63) is 0 Å². The minimum absolute atomic E-state index is 0.583. The van der Waals surface area contributed by atoms with Crippen molar-refractivity contribution in [3.8, 4) is 0 Å². The third kappa shape index (κ3) is 7.74. The molecule has 0 amide bonds. The zero-order valence-corrected chi connectivity index (χ0v) is 8.50. The minimum Gasteiger partial charge on any atom is -0.481 e. The van der Waals surface area contributed by atoms with Crippen LogP contribution < -0.4 is 0 Å². The first kappa shape index (κ1) is 12.4. The molecule has 1 N–H and O–H groups in total. The molecule has 4 heteroatoms. The van der Waals surface area contributed by atoms with Crippen LogP contribution in [-0.4, -0.2) is 37.5 Å². The van der Waals surface area contributed by atoms with Crippen LogP contribution in [0.25, 0.3) is 0 Å². The van der Waals surface area contributed by atoms with Crippen LogP contribution in [0.15, 0.2) is 0 Å². The van der Waals surface area contributed by atoms with Gasteiger partial charge in [0.25, 0.3) is 0 Å². The van der Waals surface area contributed by atoms with Crippen LogP contribution in [0, 0.1) is 5.41 Å². The molecule has 0 radical (unpaired) electrons. The van der Waals surface area contributed by atoms with Gasteiger partial charge in [0.05, 0.1) is 31.8 Å². The van der Waals surface area contributed by atoms with E-state index in [0.29, 0.717) is 0 Å². The molecule has 1 aliphatic rings. The smallest absolute Gasteiger partial charge is 0.308 e. The lowest BCUT2D eigenvalue weighted by molar-refractivity contribution is -0.145. The van der Waals surface area contributed by atoms with Crippen LogP contribution in [0.2, 0.25) is 0 Å². The molecular weight excluding hydrogens is 172 g/mol. The molecule has 1 aliphatic heterocycles. The Morgan fingerprint density at radius 2 is 1.31 bits per heavy atom. The van der Waals surface area contributed by atoms with Crippen molar-refractivity contribution in [2.45, 2.75) is 20.8 Å². The Labute approximate surface area is 78.8 Å². The highest BCUT2D eigenvalue weighted by Crippen LogP contribution is 2.11. The molecule has 1 saturated heterocycles. The van der Waals surface area contributed by atoms with Gasteiger partial charge in [0.15, 0.2) is 0 Å². The van der Waals surface area contributed by atoms with Crippen LogP contribution in [0.3, 0.4) is 0 Å².